The normalized spacial score (nSPS) is 41.8. The van der Waals surface area contributed by atoms with Crippen LogP contribution in [-0.4, -0.2) is 30.3 Å². The van der Waals surface area contributed by atoms with E-state index in [1.54, 1.807) is 11.1 Å². The van der Waals surface area contributed by atoms with Gasteiger partial charge in [-0.05, 0) is 117 Å². The Balaban J connectivity index is 1.20. The molecule has 2 heterocycles. The van der Waals surface area contributed by atoms with E-state index >= 15 is 0 Å². The van der Waals surface area contributed by atoms with Gasteiger partial charge in [-0.15, -0.1) is 0 Å². The summed E-state index contributed by atoms with van der Waals surface area (Å²) in [5, 5.41) is 3.47. The van der Waals surface area contributed by atoms with Crippen molar-refractivity contribution in [1.82, 2.24) is 10.3 Å². The minimum atomic E-state index is 0.321. The zero-order chi connectivity index (χ0) is 21.8. The van der Waals surface area contributed by atoms with Crippen molar-refractivity contribution in [3.63, 3.8) is 0 Å². The Hall–Kier alpha value is -1.45. The summed E-state index contributed by atoms with van der Waals surface area (Å²) >= 11 is 0. The van der Waals surface area contributed by atoms with E-state index in [1.807, 2.05) is 6.20 Å². The van der Waals surface area contributed by atoms with Gasteiger partial charge in [0.25, 0.3) is 0 Å². The fourth-order valence-corrected chi connectivity index (χ4v) is 8.48. The molecule has 1 aliphatic heterocycles. The maximum Gasteiger partial charge on any atom is 0.0616 e. The fourth-order valence-electron chi connectivity index (χ4n) is 8.48. The average molecular weight is 433 g/mol. The summed E-state index contributed by atoms with van der Waals surface area (Å²) < 4.78 is 6.62. The zero-order valence-corrected chi connectivity index (χ0v) is 20.0. The highest BCUT2D eigenvalue weighted by atomic mass is 16.5. The number of allylic oxidation sites excluding steroid dienone is 3. The molecule has 1 N–H and O–H groups in total. The smallest absolute Gasteiger partial charge is 0.0616 e. The molecule has 1 saturated heterocycles. The van der Waals surface area contributed by atoms with E-state index in [1.165, 1.54) is 63.4 Å². The molecular weight excluding hydrogens is 392 g/mol. The van der Waals surface area contributed by atoms with E-state index in [4.69, 9.17) is 4.74 Å². The number of aromatic nitrogens is 1. The van der Waals surface area contributed by atoms with Gasteiger partial charge in [-0.1, -0.05) is 37.6 Å². The third kappa shape index (κ3) is 3.34. The van der Waals surface area contributed by atoms with E-state index in [-0.39, 0.29) is 0 Å². The van der Waals surface area contributed by atoms with Crippen LogP contribution < -0.4 is 5.32 Å². The van der Waals surface area contributed by atoms with Gasteiger partial charge in [0.15, 0.2) is 0 Å². The van der Waals surface area contributed by atoms with Crippen LogP contribution in [-0.2, 0) is 4.74 Å². The van der Waals surface area contributed by atoms with Crippen LogP contribution in [0.2, 0.25) is 0 Å². The summed E-state index contributed by atoms with van der Waals surface area (Å²) in [5.74, 6) is 2.46. The van der Waals surface area contributed by atoms with E-state index in [2.05, 4.69) is 54.6 Å². The van der Waals surface area contributed by atoms with Crippen molar-refractivity contribution in [3.8, 4) is 0 Å². The number of hydrogen-bond donors (Lipinski definition) is 1. The van der Waals surface area contributed by atoms with Gasteiger partial charge < -0.3 is 10.1 Å². The van der Waals surface area contributed by atoms with Crippen molar-refractivity contribution >= 4 is 5.57 Å². The van der Waals surface area contributed by atoms with Crippen LogP contribution in [0, 0.1) is 28.6 Å². The molecule has 3 fully saturated rings. The molecule has 1 aromatic heterocycles. The molecule has 0 bridgehead atoms. The average Bonchev–Trinajstić information content (AvgIpc) is 3.18. The van der Waals surface area contributed by atoms with Crippen LogP contribution in [0.5, 0.6) is 0 Å². The first kappa shape index (κ1) is 21.1. The van der Waals surface area contributed by atoms with Crippen LogP contribution in [0.4, 0.5) is 0 Å². The molecule has 0 aromatic carbocycles. The lowest BCUT2D eigenvalue weighted by atomic mass is 9.47. The predicted molar refractivity (Wildman–Crippen MR) is 130 cm³/mol. The van der Waals surface area contributed by atoms with E-state index in [0.717, 1.165) is 30.8 Å². The SMILES string of the molecule is CC12CCC(OC3CCNCC3)CC1=CCC1C2CCC2(C)C(c3cccnc3)=CCC12. The van der Waals surface area contributed by atoms with Gasteiger partial charge in [0, 0.05) is 12.4 Å². The van der Waals surface area contributed by atoms with Crippen molar-refractivity contribution in [1.29, 1.82) is 0 Å². The molecule has 4 aliphatic carbocycles. The maximum absolute atomic E-state index is 6.62. The fraction of sp³-hybridized carbons (Fsp3) is 0.690. The highest BCUT2D eigenvalue weighted by Gasteiger charge is 2.56. The standard InChI is InChI=1S/C29H40N2O/c1-28-13-9-23(32-22-11-16-30-17-12-22)18-21(28)5-6-24-26-8-7-25(20-4-3-15-31-19-20)29(26,2)14-10-27(24)28/h3-5,7,15,19,22-24,26-27,30H,6,8-14,16-18H2,1-2H3. The third-order valence-corrected chi connectivity index (χ3v) is 10.3. The molecule has 172 valence electrons. The predicted octanol–water partition coefficient (Wildman–Crippen LogP) is 6.17. The number of pyridine rings is 1. The summed E-state index contributed by atoms with van der Waals surface area (Å²) in [7, 11) is 0. The second kappa shape index (κ2) is 8.09. The molecule has 5 aliphatic rings. The van der Waals surface area contributed by atoms with Crippen molar-refractivity contribution in [2.75, 3.05) is 13.1 Å². The van der Waals surface area contributed by atoms with Crippen LogP contribution >= 0.6 is 0 Å². The minimum Gasteiger partial charge on any atom is -0.375 e. The Morgan fingerprint density at radius 2 is 1.78 bits per heavy atom. The highest BCUT2D eigenvalue weighted by Crippen LogP contribution is 2.66. The Labute approximate surface area is 194 Å². The summed E-state index contributed by atoms with van der Waals surface area (Å²) in [6.07, 6.45) is 21.5. The maximum atomic E-state index is 6.62. The lowest BCUT2D eigenvalue weighted by Gasteiger charge is -2.58. The largest absolute Gasteiger partial charge is 0.375 e. The first-order valence-electron chi connectivity index (χ1n) is 13.2. The molecule has 32 heavy (non-hydrogen) atoms. The van der Waals surface area contributed by atoms with E-state index in [9.17, 15) is 0 Å². The number of rotatable bonds is 3. The first-order valence-corrected chi connectivity index (χ1v) is 13.2. The molecular formula is C29H40N2O. The molecule has 6 rings (SSSR count). The number of hydrogen-bond acceptors (Lipinski definition) is 3. The molecule has 0 spiro atoms. The van der Waals surface area contributed by atoms with Gasteiger partial charge >= 0.3 is 0 Å². The summed E-state index contributed by atoms with van der Waals surface area (Å²) in [6, 6.07) is 4.36. The van der Waals surface area contributed by atoms with Gasteiger partial charge in [-0.25, -0.2) is 0 Å². The number of nitrogens with zero attached hydrogens (tertiary/aromatic N) is 1. The number of ether oxygens (including phenoxy) is 1. The topological polar surface area (TPSA) is 34.1 Å². The Kier molecular flexibility index (Phi) is 5.34. The van der Waals surface area contributed by atoms with Crippen molar-refractivity contribution in [2.45, 2.75) is 83.8 Å². The quantitative estimate of drug-likeness (QED) is 0.580. The Morgan fingerprint density at radius 3 is 2.59 bits per heavy atom. The van der Waals surface area contributed by atoms with Gasteiger partial charge in [-0.3, -0.25) is 4.98 Å². The second-order valence-electron chi connectivity index (χ2n) is 11.8. The highest BCUT2D eigenvalue weighted by molar-refractivity contribution is 5.72. The van der Waals surface area contributed by atoms with Crippen molar-refractivity contribution in [2.24, 2.45) is 28.6 Å². The molecule has 2 saturated carbocycles. The van der Waals surface area contributed by atoms with Gasteiger partial charge in [-0.2, -0.15) is 0 Å². The second-order valence-corrected chi connectivity index (χ2v) is 11.8. The van der Waals surface area contributed by atoms with E-state index < -0.39 is 0 Å². The lowest BCUT2D eigenvalue weighted by Crippen LogP contribution is -2.50. The van der Waals surface area contributed by atoms with Crippen molar-refractivity contribution < 1.29 is 4.74 Å². The van der Waals surface area contributed by atoms with Gasteiger partial charge in [0.1, 0.15) is 0 Å². The number of nitrogens with one attached hydrogen (secondary N) is 1. The molecule has 0 radical (unpaired) electrons. The Bertz CT molecular complexity index is 901. The molecule has 3 nitrogen and oxygen atoms in total. The zero-order valence-electron chi connectivity index (χ0n) is 20.0. The summed E-state index contributed by atoms with van der Waals surface area (Å²) in [6.45, 7) is 7.42. The summed E-state index contributed by atoms with van der Waals surface area (Å²) in [5.41, 5.74) is 5.39. The molecule has 0 amide bonds. The number of fused-ring (bicyclic) bond motifs is 5. The molecule has 6 unspecified atom stereocenters. The Morgan fingerprint density at radius 1 is 0.938 bits per heavy atom. The first-order chi connectivity index (χ1) is 15.6. The minimum absolute atomic E-state index is 0.321. The van der Waals surface area contributed by atoms with Gasteiger partial charge in [0.2, 0.25) is 0 Å². The van der Waals surface area contributed by atoms with Crippen LogP contribution in [0.15, 0.2) is 42.3 Å². The molecule has 3 heteroatoms. The lowest BCUT2D eigenvalue weighted by molar-refractivity contribution is -0.0675. The number of piperidine rings is 1. The van der Waals surface area contributed by atoms with Crippen LogP contribution in [0.1, 0.15) is 77.2 Å². The molecule has 6 atom stereocenters. The monoisotopic (exact) mass is 432 g/mol. The van der Waals surface area contributed by atoms with Crippen molar-refractivity contribution in [3.05, 3.63) is 47.8 Å². The third-order valence-electron chi connectivity index (χ3n) is 10.3. The van der Waals surface area contributed by atoms with Gasteiger partial charge in [0.05, 0.1) is 12.2 Å². The summed E-state index contributed by atoms with van der Waals surface area (Å²) in [4.78, 5) is 4.43. The molecule has 1 aromatic rings. The van der Waals surface area contributed by atoms with Crippen LogP contribution in [0.3, 0.4) is 0 Å². The van der Waals surface area contributed by atoms with Crippen LogP contribution in [0.25, 0.3) is 5.57 Å². The van der Waals surface area contributed by atoms with E-state index in [0.29, 0.717) is 23.0 Å².